The molecule has 156 valence electrons. The summed E-state index contributed by atoms with van der Waals surface area (Å²) in [5.41, 5.74) is 1.39. The number of nitrogens with zero attached hydrogens (tertiary/aromatic N) is 3. The fraction of sp³-hybridized carbons (Fsp3) is 0.429. The van der Waals surface area contributed by atoms with Crippen molar-refractivity contribution in [1.29, 1.82) is 0 Å². The average Bonchev–Trinajstić information content (AvgIpc) is 2.75. The van der Waals surface area contributed by atoms with Crippen molar-refractivity contribution in [1.82, 2.24) is 14.9 Å². The quantitative estimate of drug-likeness (QED) is 0.546. The van der Waals surface area contributed by atoms with Gasteiger partial charge in [0, 0.05) is 25.6 Å². The summed E-state index contributed by atoms with van der Waals surface area (Å²) in [5.74, 6) is -0.847. The molecule has 0 aliphatic carbocycles. The minimum Gasteiger partial charge on any atom is -0.481 e. The lowest BCUT2D eigenvalue weighted by atomic mass is 10.1. The number of hydrogen-bond acceptors (Lipinski definition) is 6. The number of aliphatic carboxylic acids is 1. The van der Waals surface area contributed by atoms with Crippen LogP contribution >= 0.6 is 0 Å². The van der Waals surface area contributed by atoms with Gasteiger partial charge in [0.15, 0.2) is 0 Å². The van der Waals surface area contributed by atoms with E-state index in [0.717, 1.165) is 12.8 Å². The monoisotopic (exact) mass is 401 g/mol. The van der Waals surface area contributed by atoms with E-state index in [1.807, 2.05) is 18.2 Å². The molecule has 2 aromatic rings. The third-order valence-corrected chi connectivity index (χ3v) is 4.39. The van der Waals surface area contributed by atoms with Crippen LogP contribution in [0.4, 0.5) is 0 Å². The van der Waals surface area contributed by atoms with Gasteiger partial charge in [0.2, 0.25) is 5.88 Å². The van der Waals surface area contributed by atoms with Crippen molar-refractivity contribution in [2.24, 2.45) is 0 Å². The maximum absolute atomic E-state index is 13.1. The molecule has 0 saturated heterocycles. The molecule has 1 aromatic carbocycles. The summed E-state index contributed by atoms with van der Waals surface area (Å²) < 4.78 is 10.2. The lowest BCUT2D eigenvalue weighted by molar-refractivity contribution is -0.137. The number of unbranched alkanes of at least 4 members (excludes halogenated alkanes) is 1. The minimum absolute atomic E-state index is 0.0582. The number of aromatic nitrogens is 2. The summed E-state index contributed by atoms with van der Waals surface area (Å²) in [6.45, 7) is 0.991. The van der Waals surface area contributed by atoms with E-state index in [1.54, 1.807) is 4.90 Å². The molecule has 1 N–H and O–H groups in total. The fourth-order valence-corrected chi connectivity index (χ4v) is 2.88. The predicted molar refractivity (Wildman–Crippen MR) is 107 cm³/mol. The van der Waals surface area contributed by atoms with Gasteiger partial charge < -0.3 is 19.5 Å². The molecular formula is C21H27N3O5. The predicted octanol–water partition coefficient (Wildman–Crippen LogP) is 2.82. The fourth-order valence-electron chi connectivity index (χ4n) is 2.88. The van der Waals surface area contributed by atoms with E-state index in [9.17, 15) is 9.59 Å². The Morgan fingerprint density at radius 1 is 1.00 bits per heavy atom. The number of benzene rings is 1. The van der Waals surface area contributed by atoms with Gasteiger partial charge >= 0.3 is 12.0 Å². The third-order valence-electron chi connectivity index (χ3n) is 4.39. The normalized spacial score (nSPS) is 10.4. The van der Waals surface area contributed by atoms with Gasteiger partial charge in [-0.05, 0) is 31.2 Å². The van der Waals surface area contributed by atoms with Gasteiger partial charge in [-0.15, -0.1) is 0 Å². The van der Waals surface area contributed by atoms with Crippen molar-refractivity contribution >= 4 is 11.9 Å². The first-order valence-corrected chi connectivity index (χ1v) is 9.55. The number of aryl methyl sites for hydroxylation is 1. The molecule has 2 rings (SSSR count). The van der Waals surface area contributed by atoms with E-state index in [2.05, 4.69) is 22.1 Å². The third kappa shape index (κ3) is 7.40. The molecule has 0 saturated carbocycles. The van der Waals surface area contributed by atoms with Crippen LogP contribution in [0.15, 0.2) is 36.4 Å². The molecule has 8 heteroatoms. The largest absolute Gasteiger partial charge is 0.481 e. The Morgan fingerprint density at radius 2 is 1.72 bits per heavy atom. The van der Waals surface area contributed by atoms with E-state index in [0.29, 0.717) is 25.9 Å². The van der Waals surface area contributed by atoms with Crippen LogP contribution in [0.1, 0.15) is 41.7 Å². The van der Waals surface area contributed by atoms with Crippen LogP contribution in [0.5, 0.6) is 11.9 Å². The van der Waals surface area contributed by atoms with Gasteiger partial charge in [0.1, 0.15) is 5.69 Å². The van der Waals surface area contributed by atoms with Crippen LogP contribution in [-0.2, 0) is 11.2 Å². The molecule has 29 heavy (non-hydrogen) atoms. The minimum atomic E-state index is -0.836. The molecule has 0 atom stereocenters. The number of hydrogen-bond donors (Lipinski definition) is 1. The zero-order valence-corrected chi connectivity index (χ0v) is 16.8. The highest BCUT2D eigenvalue weighted by Crippen LogP contribution is 2.16. The number of carbonyl (C=O) groups excluding carboxylic acids is 1. The first kappa shape index (κ1) is 22.1. The van der Waals surface area contributed by atoms with Crippen molar-refractivity contribution in [2.45, 2.75) is 32.1 Å². The molecule has 0 spiro atoms. The van der Waals surface area contributed by atoms with E-state index in [1.165, 1.54) is 25.8 Å². The number of methoxy groups -OCH3 is 2. The SMILES string of the molecule is COc1cc(C(=O)N(CCCCC(=O)O)CCCc2ccccc2)nc(OC)n1. The second-order valence-electron chi connectivity index (χ2n) is 6.51. The molecule has 0 bridgehead atoms. The highest BCUT2D eigenvalue weighted by molar-refractivity contribution is 5.92. The molecule has 0 fully saturated rings. The topological polar surface area (TPSA) is 102 Å². The highest BCUT2D eigenvalue weighted by Gasteiger charge is 2.19. The Balaban J connectivity index is 2.07. The molecule has 0 aliphatic heterocycles. The van der Waals surface area contributed by atoms with Gasteiger partial charge in [-0.1, -0.05) is 30.3 Å². The van der Waals surface area contributed by atoms with Crippen molar-refractivity contribution in [3.8, 4) is 11.9 Å². The number of ether oxygens (including phenoxy) is 2. The number of carboxylic acid groups (broad SMARTS) is 1. The van der Waals surface area contributed by atoms with Crippen LogP contribution in [0.2, 0.25) is 0 Å². The zero-order chi connectivity index (χ0) is 21.1. The maximum Gasteiger partial charge on any atom is 0.320 e. The Bertz CT molecular complexity index is 776. The summed E-state index contributed by atoms with van der Waals surface area (Å²) in [4.78, 5) is 33.7. The lowest BCUT2D eigenvalue weighted by Gasteiger charge is -2.22. The first-order valence-electron chi connectivity index (χ1n) is 9.55. The lowest BCUT2D eigenvalue weighted by Crippen LogP contribution is -2.34. The van der Waals surface area contributed by atoms with Gasteiger partial charge in [-0.3, -0.25) is 9.59 Å². The summed E-state index contributed by atoms with van der Waals surface area (Å²) >= 11 is 0. The smallest absolute Gasteiger partial charge is 0.320 e. The standard InChI is InChI=1S/C21H27N3O5/c1-28-18-15-17(22-21(23-18)29-2)20(27)24(13-7-6-12-19(25)26)14-8-11-16-9-4-3-5-10-16/h3-5,9-10,15H,6-8,11-14H2,1-2H3,(H,25,26). The summed E-state index contributed by atoms with van der Waals surface area (Å²) in [6, 6.07) is 11.6. The van der Waals surface area contributed by atoms with E-state index in [4.69, 9.17) is 14.6 Å². The Labute approximate surface area is 170 Å². The van der Waals surface area contributed by atoms with Gasteiger partial charge in [0.05, 0.1) is 14.2 Å². The molecule has 8 nitrogen and oxygen atoms in total. The second kappa shape index (κ2) is 11.6. The number of amides is 1. The van der Waals surface area contributed by atoms with Crippen LogP contribution in [0, 0.1) is 0 Å². The van der Waals surface area contributed by atoms with Crippen LogP contribution in [0.25, 0.3) is 0 Å². The van der Waals surface area contributed by atoms with Gasteiger partial charge in [-0.25, -0.2) is 0 Å². The van der Waals surface area contributed by atoms with Gasteiger partial charge in [0.25, 0.3) is 5.91 Å². The van der Waals surface area contributed by atoms with Gasteiger partial charge in [-0.2, -0.15) is 9.97 Å². The number of carboxylic acids is 1. The van der Waals surface area contributed by atoms with Crippen molar-refractivity contribution in [3.63, 3.8) is 0 Å². The Kier molecular flexibility index (Phi) is 8.88. The Hall–Kier alpha value is -3.16. The summed E-state index contributed by atoms with van der Waals surface area (Å²) in [7, 11) is 2.88. The maximum atomic E-state index is 13.1. The van der Waals surface area contributed by atoms with Crippen molar-refractivity contribution in [3.05, 3.63) is 47.7 Å². The molecule has 1 aromatic heterocycles. The average molecular weight is 401 g/mol. The molecule has 1 heterocycles. The van der Waals surface area contributed by atoms with Crippen molar-refractivity contribution < 1.29 is 24.2 Å². The second-order valence-corrected chi connectivity index (χ2v) is 6.51. The van der Waals surface area contributed by atoms with Crippen LogP contribution < -0.4 is 9.47 Å². The number of rotatable bonds is 12. The molecule has 0 radical (unpaired) electrons. The number of carbonyl (C=O) groups is 2. The van der Waals surface area contributed by atoms with Crippen LogP contribution in [0.3, 0.4) is 0 Å². The van der Waals surface area contributed by atoms with Crippen molar-refractivity contribution in [2.75, 3.05) is 27.3 Å². The van der Waals surface area contributed by atoms with E-state index in [-0.39, 0.29) is 29.9 Å². The molecule has 1 amide bonds. The first-order chi connectivity index (χ1) is 14.0. The van der Waals surface area contributed by atoms with Crippen LogP contribution in [-0.4, -0.2) is 59.2 Å². The highest BCUT2D eigenvalue weighted by atomic mass is 16.5. The zero-order valence-electron chi connectivity index (χ0n) is 16.8. The summed E-state index contributed by atoms with van der Waals surface area (Å²) in [5, 5.41) is 8.82. The van der Waals surface area contributed by atoms with E-state index >= 15 is 0 Å². The molecule has 0 aliphatic rings. The Morgan fingerprint density at radius 3 is 2.38 bits per heavy atom. The molecule has 0 unspecified atom stereocenters. The summed E-state index contributed by atoms with van der Waals surface area (Å²) in [6.07, 6.45) is 2.82. The van der Waals surface area contributed by atoms with E-state index < -0.39 is 5.97 Å². The molecular weight excluding hydrogens is 374 g/mol.